The molecule has 0 aliphatic carbocycles. The van der Waals surface area contributed by atoms with Crippen molar-refractivity contribution in [2.24, 2.45) is 5.10 Å². The molecule has 1 atom stereocenters. The van der Waals surface area contributed by atoms with Crippen LogP contribution >= 0.6 is 0 Å². The smallest absolute Gasteiger partial charge is 0.243 e. The SMILES string of the molecule is O=C(CCC(=O)N1CCCC1CCCO)N1CCC(c2ccccc2)=N1. The van der Waals surface area contributed by atoms with E-state index in [4.69, 9.17) is 5.11 Å². The molecule has 0 radical (unpaired) electrons. The summed E-state index contributed by atoms with van der Waals surface area (Å²) >= 11 is 0. The molecule has 2 aliphatic heterocycles. The van der Waals surface area contributed by atoms with Crippen LogP contribution in [0, 0.1) is 0 Å². The zero-order valence-electron chi connectivity index (χ0n) is 15.1. The first-order chi connectivity index (χ1) is 12.7. The van der Waals surface area contributed by atoms with Crippen molar-refractivity contribution in [1.82, 2.24) is 9.91 Å². The first-order valence-corrected chi connectivity index (χ1v) is 9.52. The summed E-state index contributed by atoms with van der Waals surface area (Å²) in [7, 11) is 0. The number of aliphatic hydroxyl groups excluding tert-OH is 1. The number of hydrogen-bond acceptors (Lipinski definition) is 4. The van der Waals surface area contributed by atoms with Gasteiger partial charge in [-0.25, -0.2) is 5.01 Å². The Morgan fingerprint density at radius 3 is 2.65 bits per heavy atom. The van der Waals surface area contributed by atoms with Crippen LogP contribution in [0.25, 0.3) is 0 Å². The molecule has 26 heavy (non-hydrogen) atoms. The summed E-state index contributed by atoms with van der Waals surface area (Å²) in [6, 6.07) is 10.1. The highest BCUT2D eigenvalue weighted by Gasteiger charge is 2.29. The van der Waals surface area contributed by atoms with Crippen LogP contribution in [0.15, 0.2) is 35.4 Å². The number of likely N-dealkylation sites (tertiary alicyclic amines) is 1. The third kappa shape index (κ3) is 4.49. The van der Waals surface area contributed by atoms with E-state index in [0.29, 0.717) is 6.54 Å². The molecule has 140 valence electrons. The molecule has 2 heterocycles. The van der Waals surface area contributed by atoms with E-state index in [1.54, 1.807) is 0 Å². The van der Waals surface area contributed by atoms with Crippen molar-refractivity contribution in [2.45, 2.75) is 51.0 Å². The summed E-state index contributed by atoms with van der Waals surface area (Å²) in [6.45, 7) is 1.51. The van der Waals surface area contributed by atoms with Gasteiger partial charge in [-0.05, 0) is 31.2 Å². The molecule has 6 nitrogen and oxygen atoms in total. The van der Waals surface area contributed by atoms with Crippen LogP contribution in [0.2, 0.25) is 0 Å². The minimum Gasteiger partial charge on any atom is -0.396 e. The lowest BCUT2D eigenvalue weighted by atomic mass is 10.1. The van der Waals surface area contributed by atoms with E-state index in [1.807, 2.05) is 35.2 Å². The van der Waals surface area contributed by atoms with Crippen molar-refractivity contribution in [1.29, 1.82) is 0 Å². The Hall–Kier alpha value is -2.21. The second-order valence-corrected chi connectivity index (χ2v) is 6.93. The zero-order valence-corrected chi connectivity index (χ0v) is 15.1. The Labute approximate surface area is 154 Å². The van der Waals surface area contributed by atoms with E-state index >= 15 is 0 Å². The van der Waals surface area contributed by atoms with Crippen molar-refractivity contribution < 1.29 is 14.7 Å². The summed E-state index contributed by atoms with van der Waals surface area (Å²) < 4.78 is 0. The molecule has 0 saturated carbocycles. The third-order valence-electron chi connectivity index (χ3n) is 5.14. The molecule has 1 aromatic rings. The first-order valence-electron chi connectivity index (χ1n) is 9.52. The van der Waals surface area contributed by atoms with Gasteiger partial charge in [0.05, 0.1) is 12.3 Å². The van der Waals surface area contributed by atoms with Crippen LogP contribution in [0.3, 0.4) is 0 Å². The topological polar surface area (TPSA) is 73.2 Å². The van der Waals surface area contributed by atoms with Gasteiger partial charge in [0.25, 0.3) is 0 Å². The highest BCUT2D eigenvalue weighted by Crippen LogP contribution is 2.23. The van der Waals surface area contributed by atoms with Gasteiger partial charge in [0.15, 0.2) is 0 Å². The van der Waals surface area contributed by atoms with Crippen LogP contribution in [0.1, 0.15) is 50.5 Å². The van der Waals surface area contributed by atoms with Crippen LogP contribution < -0.4 is 0 Å². The minimum atomic E-state index is -0.0876. The number of nitrogens with zero attached hydrogens (tertiary/aromatic N) is 3. The number of carbonyl (C=O) groups excluding carboxylic acids is 2. The maximum atomic E-state index is 12.5. The summed E-state index contributed by atoms with van der Waals surface area (Å²) in [5, 5.41) is 14.9. The van der Waals surface area contributed by atoms with Crippen molar-refractivity contribution in [2.75, 3.05) is 19.7 Å². The van der Waals surface area contributed by atoms with Gasteiger partial charge in [0, 0.05) is 38.5 Å². The molecule has 0 spiro atoms. The van der Waals surface area contributed by atoms with Gasteiger partial charge in [-0.2, -0.15) is 5.10 Å². The minimum absolute atomic E-state index is 0.0465. The largest absolute Gasteiger partial charge is 0.396 e. The molecule has 2 aliphatic rings. The van der Waals surface area contributed by atoms with Gasteiger partial charge in [-0.15, -0.1) is 0 Å². The zero-order chi connectivity index (χ0) is 18.4. The molecule has 1 aromatic carbocycles. The number of carbonyl (C=O) groups is 2. The highest BCUT2D eigenvalue weighted by molar-refractivity contribution is 6.02. The van der Waals surface area contributed by atoms with Crippen LogP contribution in [-0.4, -0.2) is 58.3 Å². The molecule has 2 amide bonds. The number of benzene rings is 1. The normalized spacial score (nSPS) is 19.7. The number of rotatable bonds is 7. The Balaban J connectivity index is 1.49. The van der Waals surface area contributed by atoms with Gasteiger partial charge < -0.3 is 10.0 Å². The van der Waals surface area contributed by atoms with Gasteiger partial charge in [0.2, 0.25) is 11.8 Å². The molecular weight excluding hydrogens is 330 g/mol. The second kappa shape index (κ2) is 8.94. The van der Waals surface area contributed by atoms with Gasteiger partial charge >= 0.3 is 0 Å². The quantitative estimate of drug-likeness (QED) is 0.813. The third-order valence-corrected chi connectivity index (χ3v) is 5.14. The second-order valence-electron chi connectivity index (χ2n) is 6.93. The highest BCUT2D eigenvalue weighted by atomic mass is 16.3. The number of aliphatic hydroxyl groups is 1. The fourth-order valence-corrected chi connectivity index (χ4v) is 3.75. The molecule has 1 saturated heterocycles. The van der Waals surface area contributed by atoms with Crippen LogP contribution in [-0.2, 0) is 9.59 Å². The maximum absolute atomic E-state index is 12.5. The number of hydrazone groups is 1. The molecule has 1 fully saturated rings. The number of hydrogen-bond donors (Lipinski definition) is 1. The molecular formula is C20H27N3O3. The summed E-state index contributed by atoms with van der Waals surface area (Å²) in [4.78, 5) is 26.8. The summed E-state index contributed by atoms with van der Waals surface area (Å²) in [5.74, 6) is -0.0411. The Kier molecular flexibility index (Phi) is 6.39. The van der Waals surface area contributed by atoms with Crippen LogP contribution in [0.4, 0.5) is 0 Å². The summed E-state index contributed by atoms with van der Waals surface area (Å²) in [5.41, 5.74) is 1.97. The van der Waals surface area contributed by atoms with E-state index in [9.17, 15) is 9.59 Å². The average molecular weight is 357 g/mol. The molecule has 1 N–H and O–H groups in total. The molecule has 0 bridgehead atoms. The predicted molar refractivity (Wildman–Crippen MR) is 99.6 cm³/mol. The first kappa shape index (κ1) is 18.6. The Bertz CT molecular complexity index is 660. The van der Waals surface area contributed by atoms with Gasteiger partial charge in [0.1, 0.15) is 0 Å². The lowest BCUT2D eigenvalue weighted by molar-refractivity contribution is -0.137. The van der Waals surface area contributed by atoms with Crippen molar-refractivity contribution in [3.8, 4) is 0 Å². The Morgan fingerprint density at radius 2 is 1.88 bits per heavy atom. The van der Waals surface area contributed by atoms with E-state index in [2.05, 4.69) is 5.10 Å². The summed E-state index contributed by atoms with van der Waals surface area (Å²) in [6.07, 6.45) is 4.75. The van der Waals surface area contributed by atoms with Gasteiger partial charge in [-0.3, -0.25) is 9.59 Å². The monoisotopic (exact) mass is 357 g/mol. The molecule has 1 unspecified atom stereocenters. The maximum Gasteiger partial charge on any atom is 0.243 e. The molecule has 6 heteroatoms. The fraction of sp³-hybridized carbons (Fsp3) is 0.550. The van der Waals surface area contributed by atoms with E-state index in [1.165, 1.54) is 5.01 Å². The van der Waals surface area contributed by atoms with Crippen LogP contribution in [0.5, 0.6) is 0 Å². The fourth-order valence-electron chi connectivity index (χ4n) is 3.75. The Morgan fingerprint density at radius 1 is 1.12 bits per heavy atom. The lowest BCUT2D eigenvalue weighted by Crippen LogP contribution is -2.36. The van der Waals surface area contributed by atoms with Crippen molar-refractivity contribution in [3.05, 3.63) is 35.9 Å². The standard InChI is InChI=1S/C20H27N3O3/c24-15-5-9-17-8-4-13-22(17)19(25)10-11-20(26)23-14-12-18(21-23)16-6-2-1-3-7-16/h1-3,6-7,17,24H,4-5,8-15H2. The number of amides is 2. The van der Waals surface area contributed by atoms with E-state index in [-0.39, 0.29) is 37.3 Å². The van der Waals surface area contributed by atoms with E-state index in [0.717, 1.165) is 49.9 Å². The van der Waals surface area contributed by atoms with Gasteiger partial charge in [-0.1, -0.05) is 30.3 Å². The molecule has 0 aromatic heterocycles. The predicted octanol–water partition coefficient (Wildman–Crippen LogP) is 2.17. The van der Waals surface area contributed by atoms with E-state index < -0.39 is 0 Å². The van der Waals surface area contributed by atoms with Crippen molar-refractivity contribution >= 4 is 17.5 Å². The lowest BCUT2D eigenvalue weighted by Gasteiger charge is -2.24. The molecule has 3 rings (SSSR count). The van der Waals surface area contributed by atoms with Crippen molar-refractivity contribution in [3.63, 3.8) is 0 Å². The average Bonchev–Trinajstić information content (AvgIpc) is 3.34.